The topological polar surface area (TPSA) is 81.1 Å². The van der Waals surface area contributed by atoms with E-state index in [1.807, 2.05) is 0 Å². The summed E-state index contributed by atoms with van der Waals surface area (Å²) >= 11 is 0. The van der Waals surface area contributed by atoms with Gasteiger partial charge in [0.2, 0.25) is 10.0 Å². The zero-order chi connectivity index (χ0) is 14.8. The smallest absolute Gasteiger partial charge is 0.267 e. The average molecular weight is 299 g/mol. The fourth-order valence-corrected chi connectivity index (χ4v) is 3.73. The van der Waals surface area contributed by atoms with Gasteiger partial charge in [-0.1, -0.05) is 13.8 Å². The first-order valence-electron chi connectivity index (χ1n) is 7.08. The number of nitrogens with one attached hydrogen (secondary N) is 1. The number of hydrogen-bond acceptors (Lipinski definition) is 4. The molecule has 1 saturated carbocycles. The molecule has 1 aromatic rings. The molecular weight excluding hydrogens is 278 g/mol. The van der Waals surface area contributed by atoms with E-state index < -0.39 is 21.2 Å². The number of hydrogen-bond donors (Lipinski definition) is 1. The van der Waals surface area contributed by atoms with Gasteiger partial charge < -0.3 is 0 Å². The van der Waals surface area contributed by atoms with E-state index in [9.17, 15) is 13.2 Å². The van der Waals surface area contributed by atoms with E-state index in [-0.39, 0.29) is 0 Å². The summed E-state index contributed by atoms with van der Waals surface area (Å²) in [4.78, 5) is 12.0. The highest BCUT2D eigenvalue weighted by Gasteiger charge is 2.26. The van der Waals surface area contributed by atoms with Crippen LogP contribution >= 0.6 is 0 Å². The van der Waals surface area contributed by atoms with Crippen molar-refractivity contribution >= 4 is 15.9 Å². The maximum atomic E-state index is 12.0. The molecule has 1 aromatic heterocycles. The Balaban J connectivity index is 2.06. The van der Waals surface area contributed by atoms with Crippen molar-refractivity contribution in [2.75, 3.05) is 0 Å². The Labute approximate surface area is 119 Å². The van der Waals surface area contributed by atoms with Gasteiger partial charge in [0.05, 0.1) is 23.1 Å². The molecule has 0 radical (unpaired) electrons. The molecule has 0 aliphatic heterocycles. The Hall–Kier alpha value is -1.37. The third kappa shape index (κ3) is 3.03. The van der Waals surface area contributed by atoms with Gasteiger partial charge in [0.25, 0.3) is 5.91 Å². The van der Waals surface area contributed by atoms with Crippen molar-refractivity contribution in [3.63, 3.8) is 0 Å². The Morgan fingerprint density at radius 1 is 1.45 bits per heavy atom. The first-order valence-corrected chi connectivity index (χ1v) is 8.62. The van der Waals surface area contributed by atoms with E-state index in [1.54, 1.807) is 24.7 Å². The summed E-state index contributed by atoms with van der Waals surface area (Å²) in [6.07, 6.45) is 7.33. The van der Waals surface area contributed by atoms with Crippen LogP contribution in [0.5, 0.6) is 0 Å². The number of carbonyl (C=O) groups excluding carboxylic acids is 1. The molecule has 0 unspecified atom stereocenters. The summed E-state index contributed by atoms with van der Waals surface area (Å²) in [6, 6.07) is 0.354. The fraction of sp³-hybridized carbons (Fsp3) is 0.692. The van der Waals surface area contributed by atoms with Crippen LogP contribution in [-0.2, 0) is 10.0 Å². The van der Waals surface area contributed by atoms with Crippen LogP contribution < -0.4 is 4.72 Å². The van der Waals surface area contributed by atoms with Gasteiger partial charge in [-0.05, 0) is 32.1 Å². The number of rotatable bonds is 6. The lowest BCUT2D eigenvalue weighted by Gasteiger charge is -2.25. The van der Waals surface area contributed by atoms with Crippen molar-refractivity contribution < 1.29 is 13.2 Å². The van der Waals surface area contributed by atoms with E-state index in [0.29, 0.717) is 24.4 Å². The summed E-state index contributed by atoms with van der Waals surface area (Å²) < 4.78 is 27.9. The molecule has 7 heteroatoms. The predicted octanol–water partition coefficient (Wildman–Crippen LogP) is 1.86. The summed E-state index contributed by atoms with van der Waals surface area (Å²) in [5.74, 6) is -0.595. The second-order valence-corrected chi connectivity index (χ2v) is 7.17. The number of nitrogens with zero attached hydrogens (tertiary/aromatic N) is 2. The van der Waals surface area contributed by atoms with Gasteiger partial charge in [0.1, 0.15) is 0 Å². The number of sulfonamides is 1. The SMILES string of the molecule is CCC(CC)S(=O)(=O)NC(=O)c1cnn(C2CCC2)c1. The Morgan fingerprint density at radius 2 is 2.10 bits per heavy atom. The zero-order valence-electron chi connectivity index (χ0n) is 11.9. The van der Waals surface area contributed by atoms with Crippen LogP contribution in [0.4, 0.5) is 0 Å². The minimum atomic E-state index is -3.61. The molecule has 0 aromatic carbocycles. The standard InChI is InChI=1S/C13H21N3O3S/c1-3-12(4-2)20(18,19)15-13(17)10-8-14-16(9-10)11-6-5-7-11/h8-9,11-12H,3-7H2,1-2H3,(H,15,17). The monoisotopic (exact) mass is 299 g/mol. The lowest BCUT2D eigenvalue weighted by Crippen LogP contribution is -2.37. The van der Waals surface area contributed by atoms with Gasteiger partial charge in [-0.2, -0.15) is 5.10 Å². The van der Waals surface area contributed by atoms with Gasteiger partial charge in [-0.15, -0.1) is 0 Å². The summed E-state index contributed by atoms with van der Waals surface area (Å²) in [5.41, 5.74) is 0.298. The highest BCUT2D eigenvalue weighted by atomic mass is 32.2. The molecule has 0 spiro atoms. The highest BCUT2D eigenvalue weighted by molar-refractivity contribution is 7.90. The molecule has 0 atom stereocenters. The van der Waals surface area contributed by atoms with Crippen LogP contribution in [0.15, 0.2) is 12.4 Å². The summed E-state index contributed by atoms with van der Waals surface area (Å²) in [6.45, 7) is 3.60. The van der Waals surface area contributed by atoms with Crippen molar-refractivity contribution in [1.82, 2.24) is 14.5 Å². The van der Waals surface area contributed by atoms with Gasteiger partial charge >= 0.3 is 0 Å². The van der Waals surface area contributed by atoms with Crippen molar-refractivity contribution in [2.24, 2.45) is 0 Å². The Morgan fingerprint density at radius 3 is 2.60 bits per heavy atom. The van der Waals surface area contributed by atoms with E-state index >= 15 is 0 Å². The number of amides is 1. The molecule has 0 bridgehead atoms. The van der Waals surface area contributed by atoms with E-state index in [4.69, 9.17) is 0 Å². The molecular formula is C13H21N3O3S. The van der Waals surface area contributed by atoms with Gasteiger partial charge in [0.15, 0.2) is 0 Å². The lowest BCUT2D eigenvalue weighted by molar-refractivity contribution is 0.0980. The third-order valence-corrected chi connectivity index (χ3v) is 5.91. The lowest BCUT2D eigenvalue weighted by atomic mass is 9.93. The Bertz CT molecular complexity index is 571. The molecule has 20 heavy (non-hydrogen) atoms. The van der Waals surface area contributed by atoms with Crippen LogP contribution in [0.2, 0.25) is 0 Å². The summed E-state index contributed by atoms with van der Waals surface area (Å²) in [7, 11) is -3.61. The first-order chi connectivity index (χ1) is 9.47. The van der Waals surface area contributed by atoms with Crippen molar-refractivity contribution in [3.05, 3.63) is 18.0 Å². The molecule has 2 rings (SSSR count). The van der Waals surface area contributed by atoms with Crippen molar-refractivity contribution in [1.29, 1.82) is 0 Å². The number of aromatic nitrogens is 2. The van der Waals surface area contributed by atoms with Crippen LogP contribution in [0, 0.1) is 0 Å². The van der Waals surface area contributed by atoms with Crippen LogP contribution in [0.1, 0.15) is 62.4 Å². The van der Waals surface area contributed by atoms with E-state index in [1.165, 1.54) is 12.6 Å². The first kappa shape index (κ1) is 15.0. The minimum absolute atomic E-state index is 0.298. The third-order valence-electron chi connectivity index (χ3n) is 3.90. The predicted molar refractivity (Wildman–Crippen MR) is 75.9 cm³/mol. The zero-order valence-corrected chi connectivity index (χ0v) is 12.7. The maximum Gasteiger partial charge on any atom is 0.267 e. The second kappa shape index (κ2) is 5.95. The normalized spacial score (nSPS) is 16.1. The van der Waals surface area contributed by atoms with E-state index in [2.05, 4.69) is 9.82 Å². The maximum absolute atomic E-state index is 12.0. The van der Waals surface area contributed by atoms with Crippen LogP contribution in [0.25, 0.3) is 0 Å². The van der Waals surface area contributed by atoms with Crippen molar-refractivity contribution in [3.8, 4) is 0 Å². The van der Waals surface area contributed by atoms with Crippen LogP contribution in [0.3, 0.4) is 0 Å². The largest absolute Gasteiger partial charge is 0.269 e. The minimum Gasteiger partial charge on any atom is -0.269 e. The molecule has 1 fully saturated rings. The highest BCUT2D eigenvalue weighted by Crippen LogP contribution is 2.30. The number of carbonyl (C=O) groups is 1. The second-order valence-electron chi connectivity index (χ2n) is 5.21. The molecule has 6 nitrogen and oxygen atoms in total. The van der Waals surface area contributed by atoms with E-state index in [0.717, 1.165) is 12.8 Å². The molecule has 0 saturated heterocycles. The molecule has 1 amide bonds. The van der Waals surface area contributed by atoms with Gasteiger partial charge in [0, 0.05) is 6.20 Å². The molecule has 1 heterocycles. The fourth-order valence-electron chi connectivity index (χ4n) is 2.31. The molecule has 112 valence electrons. The van der Waals surface area contributed by atoms with Crippen molar-refractivity contribution in [2.45, 2.75) is 57.2 Å². The quantitative estimate of drug-likeness (QED) is 0.869. The van der Waals surface area contributed by atoms with Crippen LogP contribution in [-0.4, -0.2) is 29.4 Å². The molecule has 1 aliphatic carbocycles. The Kier molecular flexibility index (Phi) is 4.47. The average Bonchev–Trinajstić information content (AvgIpc) is 2.76. The van der Waals surface area contributed by atoms with Gasteiger partial charge in [-0.3, -0.25) is 9.48 Å². The molecule has 1 N–H and O–H groups in total. The molecule has 1 aliphatic rings. The van der Waals surface area contributed by atoms with Gasteiger partial charge in [-0.25, -0.2) is 13.1 Å². The summed E-state index contributed by atoms with van der Waals surface area (Å²) in [5, 5.41) is 3.60.